The van der Waals surface area contributed by atoms with Crippen molar-refractivity contribution in [3.63, 3.8) is 0 Å². The van der Waals surface area contributed by atoms with Gasteiger partial charge < -0.3 is 5.73 Å². The molecular weight excluding hydrogens is 203 g/mol. The third-order valence-electron chi connectivity index (χ3n) is 1.89. The first kappa shape index (κ1) is 9.14. The lowest BCUT2D eigenvalue weighted by Gasteiger charge is -1.88. The highest BCUT2D eigenvalue weighted by molar-refractivity contribution is 7.09. The summed E-state index contributed by atoms with van der Waals surface area (Å²) in [5.74, 6) is -0.469. The van der Waals surface area contributed by atoms with E-state index in [1.807, 2.05) is 6.92 Å². The molecule has 2 rings (SSSR count). The van der Waals surface area contributed by atoms with E-state index in [9.17, 15) is 4.39 Å². The fourth-order valence-electron chi connectivity index (χ4n) is 1.15. The zero-order chi connectivity index (χ0) is 10.3. The van der Waals surface area contributed by atoms with E-state index in [-0.39, 0.29) is 11.5 Å². The van der Waals surface area contributed by atoms with Crippen LogP contribution in [0.15, 0.2) is 5.38 Å². The molecule has 0 aliphatic rings. The number of hydrogen-bond acceptors (Lipinski definition) is 4. The Kier molecular flexibility index (Phi) is 1.99. The Morgan fingerprint density at radius 2 is 2.29 bits per heavy atom. The predicted octanol–water partition coefficient (Wildman–Crippen LogP) is 1.57. The van der Waals surface area contributed by atoms with Gasteiger partial charge in [-0.25, -0.2) is 14.1 Å². The maximum atomic E-state index is 13.5. The summed E-state index contributed by atoms with van der Waals surface area (Å²) in [5.41, 5.74) is 6.20. The number of aromatic nitrogens is 3. The van der Waals surface area contributed by atoms with Crippen LogP contribution in [0, 0.1) is 12.7 Å². The van der Waals surface area contributed by atoms with Crippen molar-refractivity contribution in [1.82, 2.24) is 14.8 Å². The molecule has 2 aromatic rings. The maximum Gasteiger partial charge on any atom is 0.194 e. The van der Waals surface area contributed by atoms with E-state index >= 15 is 0 Å². The minimum absolute atomic E-state index is 0.0330. The van der Waals surface area contributed by atoms with E-state index in [1.54, 1.807) is 12.4 Å². The van der Waals surface area contributed by atoms with Crippen LogP contribution >= 0.6 is 11.3 Å². The third kappa shape index (κ3) is 1.27. The van der Waals surface area contributed by atoms with Gasteiger partial charge in [0.25, 0.3) is 0 Å². The normalized spacial score (nSPS) is 10.8. The molecule has 0 aromatic carbocycles. The number of nitrogens with zero attached hydrogens (tertiary/aromatic N) is 3. The predicted molar refractivity (Wildman–Crippen MR) is 53.4 cm³/mol. The highest BCUT2D eigenvalue weighted by Crippen LogP contribution is 2.25. The SMILES string of the molecule is Cc1nc(-c2nn(C)c(N)c2F)cs1. The lowest BCUT2D eigenvalue weighted by molar-refractivity contribution is 0.633. The van der Waals surface area contributed by atoms with Gasteiger partial charge in [-0.15, -0.1) is 11.3 Å². The van der Waals surface area contributed by atoms with Gasteiger partial charge in [0.2, 0.25) is 0 Å². The van der Waals surface area contributed by atoms with Crippen LogP contribution in [0.4, 0.5) is 10.2 Å². The fourth-order valence-corrected chi connectivity index (χ4v) is 1.74. The van der Waals surface area contributed by atoms with Gasteiger partial charge in [0.1, 0.15) is 11.4 Å². The van der Waals surface area contributed by atoms with Crippen molar-refractivity contribution < 1.29 is 4.39 Å². The number of nitrogens with two attached hydrogens (primary N) is 1. The molecule has 6 heteroatoms. The molecule has 0 saturated heterocycles. The molecule has 2 heterocycles. The van der Waals surface area contributed by atoms with Crippen LogP contribution in [0.1, 0.15) is 5.01 Å². The molecule has 0 aliphatic carbocycles. The van der Waals surface area contributed by atoms with Crippen LogP contribution in [-0.4, -0.2) is 14.8 Å². The second-order valence-electron chi connectivity index (χ2n) is 2.92. The maximum absolute atomic E-state index is 13.5. The summed E-state index contributed by atoms with van der Waals surface area (Å²) < 4.78 is 14.8. The van der Waals surface area contributed by atoms with Crippen LogP contribution in [0.2, 0.25) is 0 Å². The van der Waals surface area contributed by atoms with Gasteiger partial charge in [-0.3, -0.25) is 0 Å². The Bertz CT molecular complexity index is 474. The molecule has 4 nitrogen and oxygen atoms in total. The summed E-state index contributed by atoms with van der Waals surface area (Å²) in [5, 5.41) is 6.60. The summed E-state index contributed by atoms with van der Waals surface area (Å²) in [6.45, 7) is 1.86. The van der Waals surface area contributed by atoms with E-state index < -0.39 is 5.82 Å². The quantitative estimate of drug-likeness (QED) is 0.780. The largest absolute Gasteiger partial charge is 0.381 e. The Balaban J connectivity index is 2.57. The van der Waals surface area contributed by atoms with Crippen LogP contribution in [0.25, 0.3) is 11.4 Å². The number of nitrogen functional groups attached to an aromatic ring is 1. The molecule has 2 aromatic heterocycles. The molecule has 0 fully saturated rings. The average molecular weight is 212 g/mol. The molecule has 0 saturated carbocycles. The van der Waals surface area contributed by atoms with Gasteiger partial charge in [-0.2, -0.15) is 5.10 Å². The zero-order valence-corrected chi connectivity index (χ0v) is 8.60. The Morgan fingerprint density at radius 3 is 2.71 bits per heavy atom. The molecule has 0 unspecified atom stereocenters. The molecule has 14 heavy (non-hydrogen) atoms. The molecule has 0 radical (unpaired) electrons. The topological polar surface area (TPSA) is 56.7 Å². The number of aryl methyl sites for hydroxylation is 2. The van der Waals surface area contributed by atoms with Crippen LogP contribution in [0.5, 0.6) is 0 Å². The van der Waals surface area contributed by atoms with Crippen molar-refractivity contribution in [2.75, 3.05) is 5.73 Å². The van der Waals surface area contributed by atoms with Crippen molar-refractivity contribution in [3.05, 3.63) is 16.2 Å². The molecule has 0 spiro atoms. The second kappa shape index (κ2) is 3.06. The van der Waals surface area contributed by atoms with Crippen LogP contribution in [-0.2, 0) is 7.05 Å². The molecule has 2 N–H and O–H groups in total. The number of thiazole rings is 1. The number of anilines is 1. The fraction of sp³-hybridized carbons (Fsp3) is 0.250. The van der Waals surface area contributed by atoms with Gasteiger partial charge in [-0.05, 0) is 6.92 Å². The summed E-state index contributed by atoms with van der Waals surface area (Å²) in [6.07, 6.45) is 0. The molecule has 74 valence electrons. The molecule has 0 bridgehead atoms. The third-order valence-corrected chi connectivity index (χ3v) is 2.67. The zero-order valence-electron chi connectivity index (χ0n) is 7.78. The minimum atomic E-state index is -0.502. The Morgan fingerprint density at radius 1 is 1.57 bits per heavy atom. The van der Waals surface area contributed by atoms with Gasteiger partial charge >= 0.3 is 0 Å². The minimum Gasteiger partial charge on any atom is -0.381 e. The average Bonchev–Trinajstić information content (AvgIpc) is 2.66. The number of halogens is 1. The first-order chi connectivity index (χ1) is 6.59. The molecule has 0 atom stereocenters. The van der Waals surface area contributed by atoms with E-state index in [1.165, 1.54) is 16.0 Å². The van der Waals surface area contributed by atoms with Gasteiger partial charge in [0.05, 0.1) is 5.01 Å². The second-order valence-corrected chi connectivity index (χ2v) is 3.99. The van der Waals surface area contributed by atoms with E-state index in [0.717, 1.165) is 5.01 Å². The highest BCUT2D eigenvalue weighted by atomic mass is 32.1. The van der Waals surface area contributed by atoms with Crippen molar-refractivity contribution in [2.45, 2.75) is 6.92 Å². The summed E-state index contributed by atoms with van der Waals surface area (Å²) in [7, 11) is 1.60. The van der Waals surface area contributed by atoms with Crippen molar-refractivity contribution >= 4 is 17.2 Å². The van der Waals surface area contributed by atoms with E-state index in [2.05, 4.69) is 10.1 Å². The summed E-state index contributed by atoms with van der Waals surface area (Å²) in [4.78, 5) is 4.14. The Hall–Kier alpha value is -1.43. The first-order valence-electron chi connectivity index (χ1n) is 4.00. The number of rotatable bonds is 1. The smallest absolute Gasteiger partial charge is 0.194 e. The molecule has 0 amide bonds. The van der Waals surface area contributed by atoms with E-state index in [4.69, 9.17) is 5.73 Å². The van der Waals surface area contributed by atoms with Crippen molar-refractivity contribution in [3.8, 4) is 11.4 Å². The Labute approximate surface area is 84.2 Å². The van der Waals surface area contributed by atoms with Crippen molar-refractivity contribution in [1.29, 1.82) is 0 Å². The van der Waals surface area contributed by atoms with Crippen LogP contribution < -0.4 is 5.73 Å². The van der Waals surface area contributed by atoms with Gasteiger partial charge in [0.15, 0.2) is 11.6 Å². The molecular formula is C8H9FN4S. The standard InChI is InChI=1S/C8H9FN4S/c1-4-11-5(3-14-4)7-6(9)8(10)13(2)12-7/h3H,10H2,1-2H3. The lowest BCUT2D eigenvalue weighted by atomic mass is 10.3. The monoisotopic (exact) mass is 212 g/mol. The molecule has 0 aliphatic heterocycles. The van der Waals surface area contributed by atoms with E-state index in [0.29, 0.717) is 5.69 Å². The summed E-state index contributed by atoms with van der Waals surface area (Å²) in [6, 6.07) is 0. The first-order valence-corrected chi connectivity index (χ1v) is 4.88. The van der Waals surface area contributed by atoms with Crippen molar-refractivity contribution in [2.24, 2.45) is 7.05 Å². The highest BCUT2D eigenvalue weighted by Gasteiger charge is 2.16. The lowest BCUT2D eigenvalue weighted by Crippen LogP contribution is -1.97. The van der Waals surface area contributed by atoms with Gasteiger partial charge in [-0.1, -0.05) is 0 Å². The van der Waals surface area contributed by atoms with Crippen LogP contribution in [0.3, 0.4) is 0 Å². The van der Waals surface area contributed by atoms with Gasteiger partial charge in [0, 0.05) is 12.4 Å². The summed E-state index contributed by atoms with van der Waals surface area (Å²) >= 11 is 1.46. The number of hydrogen-bond donors (Lipinski definition) is 1.